The normalized spacial score (nSPS) is 13.1. The Morgan fingerprint density at radius 1 is 0.324 bits per heavy atom. The Kier molecular flexibility index (Phi) is 60.4. The van der Waals surface area contributed by atoms with Gasteiger partial charge in [-0.25, -0.2) is 0 Å². The first-order valence-corrected chi connectivity index (χ1v) is 31.1. The summed E-state index contributed by atoms with van der Waals surface area (Å²) in [6.07, 6.45) is 93.3. The molecule has 0 aliphatic carbocycles. The van der Waals surface area contributed by atoms with Crippen molar-refractivity contribution in [2.45, 2.75) is 290 Å². The van der Waals surface area contributed by atoms with Gasteiger partial charge in [0.05, 0.1) is 6.61 Å². The second-order valence-electron chi connectivity index (χ2n) is 20.4. The van der Waals surface area contributed by atoms with E-state index in [2.05, 4.69) is 135 Å². The summed E-state index contributed by atoms with van der Waals surface area (Å²) in [7, 11) is 0. The first kappa shape index (κ1) is 70.3. The molecule has 0 aliphatic heterocycles. The average Bonchev–Trinajstić information content (AvgIpc) is 3.40. The molecule has 5 nitrogen and oxygen atoms in total. The lowest BCUT2D eigenvalue weighted by Gasteiger charge is -2.15. The molecular formula is C69H116O5. The van der Waals surface area contributed by atoms with E-state index in [0.717, 1.165) is 96.3 Å². The SMILES string of the molecule is CC/C=C\C/C=C\C/C=C\C/C=C\C/C=C\C/C=C\C/C=C\CCCCCCCCCCCCCCCCCC(=O)OC(CO)COC(=O)CCCCCCCCCC/C=C\C/C=C\C/C=C\CCCCCCC. The summed E-state index contributed by atoms with van der Waals surface area (Å²) in [6.45, 7) is 4.02. The Hall–Kier alpha value is -3.70. The lowest BCUT2D eigenvalue weighted by Crippen LogP contribution is -2.28. The van der Waals surface area contributed by atoms with Crippen molar-refractivity contribution in [1.29, 1.82) is 0 Å². The van der Waals surface area contributed by atoms with E-state index in [1.54, 1.807) is 0 Å². The van der Waals surface area contributed by atoms with E-state index in [4.69, 9.17) is 9.47 Å². The third-order valence-corrected chi connectivity index (χ3v) is 13.2. The summed E-state index contributed by atoms with van der Waals surface area (Å²) in [5, 5.41) is 9.67. The van der Waals surface area contributed by atoms with E-state index in [1.165, 1.54) is 161 Å². The molecular weight excluding hydrogens is 909 g/mol. The Bertz CT molecular complexity index is 1490. The molecule has 0 aromatic rings. The van der Waals surface area contributed by atoms with Crippen LogP contribution in [0.3, 0.4) is 0 Å². The number of aliphatic hydroxyl groups excluding tert-OH is 1. The number of hydrogen-bond donors (Lipinski definition) is 1. The van der Waals surface area contributed by atoms with Gasteiger partial charge in [-0.05, 0) is 109 Å². The smallest absolute Gasteiger partial charge is 0.306 e. The highest BCUT2D eigenvalue weighted by Gasteiger charge is 2.16. The fraction of sp³-hybridized carbons (Fsp3) is 0.681. The predicted molar refractivity (Wildman–Crippen MR) is 325 cm³/mol. The van der Waals surface area contributed by atoms with Crippen LogP contribution in [0.2, 0.25) is 0 Å². The monoisotopic (exact) mass is 1020 g/mol. The van der Waals surface area contributed by atoms with E-state index in [0.29, 0.717) is 12.8 Å². The first-order valence-electron chi connectivity index (χ1n) is 31.1. The van der Waals surface area contributed by atoms with Crippen molar-refractivity contribution < 1.29 is 24.2 Å². The highest BCUT2D eigenvalue weighted by Crippen LogP contribution is 2.16. The minimum absolute atomic E-state index is 0.0738. The van der Waals surface area contributed by atoms with Crippen molar-refractivity contribution in [3.8, 4) is 0 Å². The Morgan fingerprint density at radius 2 is 0.581 bits per heavy atom. The number of hydrogen-bond acceptors (Lipinski definition) is 5. The Balaban J connectivity index is 3.52. The third-order valence-electron chi connectivity index (χ3n) is 13.2. The van der Waals surface area contributed by atoms with Crippen LogP contribution in [0.5, 0.6) is 0 Å². The molecule has 0 fully saturated rings. The van der Waals surface area contributed by atoms with Crippen LogP contribution in [-0.4, -0.2) is 36.4 Å². The average molecular weight is 1030 g/mol. The number of carbonyl (C=O) groups excluding carboxylic acids is 2. The van der Waals surface area contributed by atoms with E-state index in [9.17, 15) is 14.7 Å². The van der Waals surface area contributed by atoms with Gasteiger partial charge in [0.25, 0.3) is 0 Å². The zero-order valence-electron chi connectivity index (χ0n) is 48.3. The quantitative estimate of drug-likeness (QED) is 0.0373. The summed E-state index contributed by atoms with van der Waals surface area (Å²) in [5.41, 5.74) is 0. The van der Waals surface area contributed by atoms with Crippen LogP contribution in [0.1, 0.15) is 284 Å². The van der Waals surface area contributed by atoms with Crippen molar-refractivity contribution in [2.75, 3.05) is 13.2 Å². The summed E-state index contributed by atoms with van der Waals surface area (Å²) < 4.78 is 10.7. The molecule has 422 valence electrons. The molecule has 0 aromatic heterocycles. The van der Waals surface area contributed by atoms with Crippen molar-refractivity contribution in [3.05, 3.63) is 122 Å². The first-order chi connectivity index (χ1) is 36.6. The summed E-state index contributed by atoms with van der Waals surface area (Å²) in [5.74, 6) is -0.597. The zero-order chi connectivity index (χ0) is 53.4. The molecule has 0 heterocycles. The van der Waals surface area contributed by atoms with Crippen molar-refractivity contribution in [3.63, 3.8) is 0 Å². The van der Waals surface area contributed by atoms with E-state index in [-0.39, 0.29) is 25.2 Å². The molecule has 74 heavy (non-hydrogen) atoms. The Labute approximate surface area is 458 Å². The Morgan fingerprint density at radius 3 is 0.878 bits per heavy atom. The zero-order valence-corrected chi connectivity index (χ0v) is 48.3. The maximum Gasteiger partial charge on any atom is 0.306 e. The minimum atomic E-state index is -0.783. The number of ether oxygens (including phenoxy) is 2. The second-order valence-corrected chi connectivity index (χ2v) is 20.4. The summed E-state index contributed by atoms with van der Waals surface area (Å²) in [6, 6.07) is 0. The van der Waals surface area contributed by atoms with Gasteiger partial charge < -0.3 is 14.6 Å². The molecule has 0 saturated heterocycles. The van der Waals surface area contributed by atoms with Crippen molar-refractivity contribution >= 4 is 11.9 Å². The van der Waals surface area contributed by atoms with Gasteiger partial charge in [0.15, 0.2) is 6.10 Å². The van der Waals surface area contributed by atoms with Crippen LogP contribution in [0.25, 0.3) is 0 Å². The molecule has 0 amide bonds. The number of carbonyl (C=O) groups is 2. The fourth-order valence-electron chi connectivity index (χ4n) is 8.60. The molecule has 0 radical (unpaired) electrons. The van der Waals surface area contributed by atoms with Crippen LogP contribution < -0.4 is 0 Å². The van der Waals surface area contributed by atoms with Gasteiger partial charge in [0.1, 0.15) is 6.61 Å². The van der Waals surface area contributed by atoms with Crippen molar-refractivity contribution in [2.24, 2.45) is 0 Å². The number of rotatable bonds is 56. The largest absolute Gasteiger partial charge is 0.462 e. The predicted octanol–water partition coefficient (Wildman–Crippen LogP) is 21.4. The summed E-state index contributed by atoms with van der Waals surface area (Å²) >= 11 is 0. The lowest BCUT2D eigenvalue weighted by molar-refractivity contribution is -0.161. The van der Waals surface area contributed by atoms with Crippen LogP contribution in [0.4, 0.5) is 0 Å². The third kappa shape index (κ3) is 60.9. The molecule has 0 spiro atoms. The number of esters is 2. The summed E-state index contributed by atoms with van der Waals surface area (Å²) in [4.78, 5) is 24.6. The van der Waals surface area contributed by atoms with Gasteiger partial charge in [-0.15, -0.1) is 0 Å². The van der Waals surface area contributed by atoms with Crippen molar-refractivity contribution in [1.82, 2.24) is 0 Å². The van der Waals surface area contributed by atoms with E-state index >= 15 is 0 Å². The lowest BCUT2D eigenvalue weighted by atomic mass is 10.0. The van der Waals surface area contributed by atoms with E-state index in [1.807, 2.05) is 0 Å². The van der Waals surface area contributed by atoms with Crippen LogP contribution in [0, 0.1) is 0 Å². The minimum Gasteiger partial charge on any atom is -0.462 e. The fourth-order valence-corrected chi connectivity index (χ4v) is 8.60. The maximum absolute atomic E-state index is 12.3. The van der Waals surface area contributed by atoms with Crippen LogP contribution in [-0.2, 0) is 19.1 Å². The maximum atomic E-state index is 12.3. The van der Waals surface area contributed by atoms with Gasteiger partial charge in [0.2, 0.25) is 0 Å². The van der Waals surface area contributed by atoms with Gasteiger partial charge in [0, 0.05) is 12.8 Å². The topological polar surface area (TPSA) is 72.8 Å². The molecule has 0 saturated carbocycles. The number of aliphatic hydroxyl groups is 1. The highest BCUT2D eigenvalue weighted by atomic mass is 16.6. The standard InChI is InChI=1S/C69H116O5/c1-3-5-7-9-11-13-15-17-19-21-23-25-27-28-29-30-31-32-33-34-35-36-37-38-39-40-42-44-46-48-50-52-54-56-58-60-62-64-69(72)74-67(65-70)66-73-68(71)63-61-59-57-55-53-51-49-47-45-43-41-26-24-22-20-18-16-14-12-10-8-6-4-2/h5,7,11,13,16-19,22-25,28-29,31-32,34-35,41,43,67,70H,3-4,6,8-10,12,14-15,20-21,26-27,30,33,36-40,42,44-66H2,1-2H3/b7-5-,13-11-,18-16-,19-17-,24-22-,25-23-,29-28-,32-31-,35-34-,43-41-. The van der Waals surface area contributed by atoms with Gasteiger partial charge in [-0.1, -0.05) is 283 Å². The molecule has 0 bridgehead atoms. The van der Waals surface area contributed by atoms with Gasteiger partial charge in [-0.3, -0.25) is 9.59 Å². The molecule has 0 rings (SSSR count). The number of allylic oxidation sites excluding steroid dienone is 20. The molecule has 1 N–H and O–H groups in total. The van der Waals surface area contributed by atoms with E-state index < -0.39 is 6.10 Å². The van der Waals surface area contributed by atoms with Crippen LogP contribution in [0.15, 0.2) is 122 Å². The van der Waals surface area contributed by atoms with Crippen LogP contribution >= 0.6 is 0 Å². The molecule has 0 aliphatic rings. The van der Waals surface area contributed by atoms with Gasteiger partial charge >= 0.3 is 11.9 Å². The van der Waals surface area contributed by atoms with Gasteiger partial charge in [-0.2, -0.15) is 0 Å². The molecule has 1 unspecified atom stereocenters. The molecule has 0 aromatic carbocycles. The second kappa shape index (κ2) is 63.6. The molecule has 5 heteroatoms. The highest BCUT2D eigenvalue weighted by molar-refractivity contribution is 5.70. The number of unbranched alkanes of at least 4 members (excludes halogenated alkanes) is 28. The molecule has 1 atom stereocenters.